The summed E-state index contributed by atoms with van der Waals surface area (Å²) in [6.45, 7) is 2.48. The van der Waals surface area contributed by atoms with Crippen molar-refractivity contribution in [3.8, 4) is 0 Å². The van der Waals surface area contributed by atoms with E-state index in [-0.39, 0.29) is 30.1 Å². The van der Waals surface area contributed by atoms with Gasteiger partial charge in [-0.05, 0) is 49.1 Å². The molecule has 2 heterocycles. The van der Waals surface area contributed by atoms with Crippen molar-refractivity contribution >= 4 is 22.8 Å². The Bertz CT molecular complexity index is 1100. The summed E-state index contributed by atoms with van der Waals surface area (Å²) in [5, 5.41) is 10.3. The van der Waals surface area contributed by atoms with Crippen LogP contribution in [0.2, 0.25) is 0 Å². The molecule has 4 rings (SSSR count). The fourth-order valence-electron chi connectivity index (χ4n) is 4.57. The van der Waals surface area contributed by atoms with E-state index >= 15 is 0 Å². The first kappa shape index (κ1) is 20.1. The lowest BCUT2D eigenvalue weighted by Gasteiger charge is -2.34. The number of aliphatic carboxylic acids is 1. The fourth-order valence-corrected chi connectivity index (χ4v) is 4.57. The zero-order valence-electron chi connectivity index (χ0n) is 17.1. The van der Waals surface area contributed by atoms with Crippen molar-refractivity contribution in [1.82, 2.24) is 9.47 Å². The number of fused-ring (bicyclic) bond motifs is 3. The Balaban J connectivity index is 1.60. The average Bonchev–Trinajstić information content (AvgIpc) is 3.05. The molecule has 156 valence electrons. The van der Waals surface area contributed by atoms with Crippen LogP contribution in [0.25, 0.3) is 10.9 Å². The highest BCUT2D eigenvalue weighted by Crippen LogP contribution is 2.33. The van der Waals surface area contributed by atoms with E-state index < -0.39 is 5.97 Å². The zero-order valence-corrected chi connectivity index (χ0v) is 17.1. The van der Waals surface area contributed by atoms with Crippen molar-refractivity contribution in [3.05, 3.63) is 71.2 Å². The molecule has 2 aromatic carbocycles. The molecule has 1 N–H and O–H groups in total. The molecule has 0 aliphatic carbocycles. The van der Waals surface area contributed by atoms with Crippen molar-refractivity contribution < 1.29 is 19.1 Å². The van der Waals surface area contributed by atoms with Crippen LogP contribution in [0.4, 0.5) is 4.39 Å². The monoisotopic (exact) mass is 408 g/mol. The van der Waals surface area contributed by atoms with Gasteiger partial charge in [-0.15, -0.1) is 0 Å². The van der Waals surface area contributed by atoms with Gasteiger partial charge < -0.3 is 14.6 Å². The Morgan fingerprint density at radius 2 is 1.90 bits per heavy atom. The number of hydrogen-bond donors (Lipinski definition) is 1. The van der Waals surface area contributed by atoms with E-state index in [1.165, 1.54) is 12.1 Å². The highest BCUT2D eigenvalue weighted by atomic mass is 19.1. The molecule has 1 aliphatic heterocycles. The van der Waals surface area contributed by atoms with Crippen LogP contribution >= 0.6 is 0 Å². The summed E-state index contributed by atoms with van der Waals surface area (Å²) in [4.78, 5) is 26.3. The second-order valence-corrected chi connectivity index (χ2v) is 8.04. The van der Waals surface area contributed by atoms with Crippen LogP contribution in [0.3, 0.4) is 0 Å². The topological polar surface area (TPSA) is 62.5 Å². The largest absolute Gasteiger partial charge is 0.481 e. The molecule has 0 fully saturated rings. The summed E-state index contributed by atoms with van der Waals surface area (Å²) in [6.07, 6.45) is 1.51. The highest BCUT2D eigenvalue weighted by molar-refractivity contribution is 5.89. The first-order valence-corrected chi connectivity index (χ1v) is 10.2. The third kappa shape index (κ3) is 3.58. The van der Waals surface area contributed by atoms with Crippen molar-refractivity contribution in [2.75, 3.05) is 7.05 Å². The second kappa shape index (κ2) is 7.94. The molecule has 2 atom stereocenters. The SMILES string of the molecule is C[C@H](C(=O)N(C)[C@@H]1CCc2c(CC(=O)O)c3ccccc3n2C1)c1ccc(F)cc1. The van der Waals surface area contributed by atoms with Crippen LogP contribution in [0.1, 0.15) is 36.1 Å². The van der Waals surface area contributed by atoms with E-state index in [1.807, 2.05) is 38.2 Å². The highest BCUT2D eigenvalue weighted by Gasteiger charge is 2.31. The average molecular weight is 408 g/mol. The van der Waals surface area contributed by atoms with Crippen LogP contribution in [0.15, 0.2) is 48.5 Å². The predicted octanol–water partition coefficient (Wildman–Crippen LogP) is 3.98. The van der Waals surface area contributed by atoms with E-state index in [0.29, 0.717) is 6.54 Å². The van der Waals surface area contributed by atoms with Crippen LogP contribution in [-0.2, 0) is 29.0 Å². The number of carboxylic acids is 1. The summed E-state index contributed by atoms with van der Waals surface area (Å²) in [5.74, 6) is -1.52. The third-order valence-corrected chi connectivity index (χ3v) is 6.27. The minimum absolute atomic E-state index is 0.00252. The Labute approximate surface area is 174 Å². The smallest absolute Gasteiger partial charge is 0.307 e. The molecule has 0 bridgehead atoms. The van der Waals surface area contributed by atoms with Crippen LogP contribution < -0.4 is 0 Å². The van der Waals surface area contributed by atoms with Gasteiger partial charge in [0, 0.05) is 36.2 Å². The lowest BCUT2D eigenvalue weighted by molar-refractivity contribution is -0.136. The van der Waals surface area contributed by atoms with Crippen LogP contribution in [-0.4, -0.2) is 39.5 Å². The number of hydrogen-bond acceptors (Lipinski definition) is 2. The predicted molar refractivity (Wildman–Crippen MR) is 113 cm³/mol. The molecule has 0 saturated carbocycles. The minimum atomic E-state index is -0.836. The first-order valence-electron chi connectivity index (χ1n) is 10.2. The molecule has 1 aliphatic rings. The van der Waals surface area contributed by atoms with Gasteiger partial charge in [0.1, 0.15) is 5.82 Å². The van der Waals surface area contributed by atoms with E-state index in [4.69, 9.17) is 0 Å². The number of amides is 1. The Morgan fingerprint density at radius 1 is 1.20 bits per heavy atom. The molecule has 0 unspecified atom stereocenters. The van der Waals surface area contributed by atoms with Crippen LogP contribution in [0.5, 0.6) is 0 Å². The van der Waals surface area contributed by atoms with Crippen molar-refractivity contribution in [2.24, 2.45) is 0 Å². The maximum absolute atomic E-state index is 13.2. The maximum Gasteiger partial charge on any atom is 0.307 e. The van der Waals surface area contributed by atoms with E-state index in [2.05, 4.69) is 4.57 Å². The van der Waals surface area contributed by atoms with Gasteiger partial charge in [0.05, 0.1) is 12.3 Å². The number of carboxylic acid groups (broad SMARTS) is 1. The van der Waals surface area contributed by atoms with Gasteiger partial charge >= 0.3 is 5.97 Å². The lowest BCUT2D eigenvalue weighted by atomic mass is 9.96. The van der Waals surface area contributed by atoms with Crippen molar-refractivity contribution in [1.29, 1.82) is 0 Å². The lowest BCUT2D eigenvalue weighted by Crippen LogP contribution is -2.44. The summed E-state index contributed by atoms with van der Waals surface area (Å²) in [7, 11) is 1.82. The van der Waals surface area contributed by atoms with Gasteiger partial charge in [-0.1, -0.05) is 30.3 Å². The van der Waals surface area contributed by atoms with Crippen molar-refractivity contribution in [2.45, 2.75) is 44.7 Å². The quantitative estimate of drug-likeness (QED) is 0.695. The number of nitrogens with zero attached hydrogens (tertiary/aromatic N) is 2. The summed E-state index contributed by atoms with van der Waals surface area (Å²) in [5.41, 5.74) is 3.74. The van der Waals surface area contributed by atoms with Gasteiger partial charge in [0.2, 0.25) is 5.91 Å². The maximum atomic E-state index is 13.2. The Kier molecular flexibility index (Phi) is 5.33. The van der Waals surface area contributed by atoms with E-state index in [1.54, 1.807) is 17.0 Å². The first-order chi connectivity index (χ1) is 14.4. The second-order valence-electron chi connectivity index (χ2n) is 8.04. The zero-order chi connectivity index (χ0) is 21.4. The number of para-hydroxylation sites is 1. The molecule has 1 amide bonds. The normalized spacial score (nSPS) is 16.8. The number of benzene rings is 2. The molecule has 3 aromatic rings. The van der Waals surface area contributed by atoms with E-state index in [9.17, 15) is 19.1 Å². The molecule has 5 nitrogen and oxygen atoms in total. The molecular weight excluding hydrogens is 383 g/mol. The summed E-state index contributed by atoms with van der Waals surface area (Å²) < 4.78 is 15.4. The van der Waals surface area contributed by atoms with Gasteiger partial charge in [-0.3, -0.25) is 9.59 Å². The molecule has 1 aromatic heterocycles. The standard InChI is InChI=1S/C24H25FN2O3/c1-15(16-7-9-17(25)10-8-16)24(30)26(2)18-11-12-22-20(13-23(28)29)19-5-3-4-6-21(19)27(22)14-18/h3-10,15,18H,11-14H2,1-2H3,(H,28,29)/t15-,18+/m0/s1. The van der Waals surface area contributed by atoms with Crippen molar-refractivity contribution in [3.63, 3.8) is 0 Å². The molecule has 30 heavy (non-hydrogen) atoms. The molecule has 6 heteroatoms. The number of carbonyl (C=O) groups excluding carboxylic acids is 1. The molecule has 0 saturated heterocycles. The van der Waals surface area contributed by atoms with Gasteiger partial charge in [0.25, 0.3) is 0 Å². The third-order valence-electron chi connectivity index (χ3n) is 6.27. The number of likely N-dealkylation sites (N-methyl/N-ethyl adjacent to an activating group) is 1. The van der Waals surface area contributed by atoms with Gasteiger partial charge in [-0.25, -0.2) is 4.39 Å². The van der Waals surface area contributed by atoms with Gasteiger partial charge in [-0.2, -0.15) is 0 Å². The molecule has 0 spiro atoms. The summed E-state index contributed by atoms with van der Waals surface area (Å²) >= 11 is 0. The number of rotatable bonds is 5. The van der Waals surface area contributed by atoms with Crippen LogP contribution in [0, 0.1) is 5.82 Å². The number of aromatic nitrogens is 1. The summed E-state index contributed by atoms with van der Waals surface area (Å²) in [6, 6.07) is 13.9. The number of halogens is 1. The minimum Gasteiger partial charge on any atom is -0.481 e. The fraction of sp³-hybridized carbons (Fsp3) is 0.333. The molecule has 0 radical (unpaired) electrons. The van der Waals surface area contributed by atoms with E-state index in [0.717, 1.165) is 40.6 Å². The van der Waals surface area contributed by atoms with Gasteiger partial charge in [0.15, 0.2) is 0 Å². The number of carbonyl (C=O) groups is 2. The Hall–Kier alpha value is -3.15. The molecular formula is C24H25FN2O3. The Morgan fingerprint density at radius 3 is 2.60 bits per heavy atom.